The number of hydrogen-bond acceptors (Lipinski definition) is 4. The number of hydrogen-bond donors (Lipinski definition) is 2. The van der Waals surface area contributed by atoms with Crippen LogP contribution in [0, 0.1) is 5.41 Å². The molecule has 0 aliphatic carbocycles. The maximum atomic E-state index is 12.8. The molecule has 6 nitrogen and oxygen atoms in total. The second-order valence-corrected chi connectivity index (χ2v) is 8.42. The predicted molar refractivity (Wildman–Crippen MR) is 82.4 cm³/mol. The molecule has 21 heavy (non-hydrogen) atoms. The smallest absolute Gasteiger partial charge is 0.230 e. The fraction of sp³-hybridized carbons (Fsp3) is 0.929. The van der Waals surface area contributed by atoms with Gasteiger partial charge in [0.1, 0.15) is 0 Å². The second kappa shape index (κ2) is 6.62. The van der Waals surface area contributed by atoms with Crippen molar-refractivity contribution in [2.75, 3.05) is 32.4 Å². The Labute approximate surface area is 127 Å². The maximum Gasteiger partial charge on any atom is 0.230 e. The SMILES string of the molecule is CC1(C(=O)N2CCCCC2CCNS(C)(=O)=O)CCNC1. The molecule has 2 fully saturated rings. The lowest BCUT2D eigenvalue weighted by molar-refractivity contribution is -0.144. The van der Waals surface area contributed by atoms with E-state index in [1.807, 2.05) is 11.8 Å². The van der Waals surface area contributed by atoms with Gasteiger partial charge in [-0.25, -0.2) is 13.1 Å². The summed E-state index contributed by atoms with van der Waals surface area (Å²) in [5.41, 5.74) is -0.292. The van der Waals surface area contributed by atoms with Gasteiger partial charge in [-0.05, 0) is 45.6 Å². The lowest BCUT2D eigenvalue weighted by Crippen LogP contribution is -2.51. The minimum atomic E-state index is -3.15. The van der Waals surface area contributed by atoms with Crippen molar-refractivity contribution < 1.29 is 13.2 Å². The molecule has 0 aromatic heterocycles. The Kier molecular flexibility index (Phi) is 5.27. The quantitative estimate of drug-likeness (QED) is 0.765. The van der Waals surface area contributed by atoms with Gasteiger partial charge < -0.3 is 10.2 Å². The van der Waals surface area contributed by atoms with Crippen LogP contribution < -0.4 is 10.0 Å². The highest BCUT2D eigenvalue weighted by atomic mass is 32.2. The van der Waals surface area contributed by atoms with Gasteiger partial charge in [0.15, 0.2) is 0 Å². The zero-order valence-corrected chi connectivity index (χ0v) is 13.8. The molecular formula is C14H27N3O3S. The average molecular weight is 317 g/mol. The topological polar surface area (TPSA) is 78.5 Å². The highest BCUT2D eigenvalue weighted by Gasteiger charge is 2.41. The summed E-state index contributed by atoms with van der Waals surface area (Å²) in [5, 5.41) is 3.27. The summed E-state index contributed by atoms with van der Waals surface area (Å²) >= 11 is 0. The Morgan fingerprint density at radius 3 is 2.81 bits per heavy atom. The monoisotopic (exact) mass is 317 g/mol. The van der Waals surface area contributed by atoms with E-state index in [4.69, 9.17) is 0 Å². The van der Waals surface area contributed by atoms with E-state index in [0.29, 0.717) is 13.0 Å². The number of piperidine rings is 1. The van der Waals surface area contributed by atoms with Crippen molar-refractivity contribution in [3.8, 4) is 0 Å². The molecular weight excluding hydrogens is 290 g/mol. The number of carbonyl (C=O) groups is 1. The van der Waals surface area contributed by atoms with Gasteiger partial charge in [0.25, 0.3) is 0 Å². The van der Waals surface area contributed by atoms with E-state index in [1.54, 1.807) is 0 Å². The highest BCUT2D eigenvalue weighted by molar-refractivity contribution is 7.88. The van der Waals surface area contributed by atoms with Crippen LogP contribution in [0.1, 0.15) is 39.0 Å². The van der Waals surface area contributed by atoms with Crippen LogP contribution >= 0.6 is 0 Å². The van der Waals surface area contributed by atoms with Crippen molar-refractivity contribution in [2.45, 2.75) is 45.1 Å². The molecule has 1 amide bonds. The van der Waals surface area contributed by atoms with Crippen LogP contribution in [0.4, 0.5) is 0 Å². The number of amides is 1. The van der Waals surface area contributed by atoms with Gasteiger partial charge in [-0.1, -0.05) is 0 Å². The molecule has 0 bridgehead atoms. The van der Waals surface area contributed by atoms with E-state index >= 15 is 0 Å². The first-order valence-corrected chi connectivity index (χ1v) is 9.67. The minimum Gasteiger partial charge on any atom is -0.339 e. The molecule has 7 heteroatoms. The van der Waals surface area contributed by atoms with Gasteiger partial charge in [0.2, 0.25) is 15.9 Å². The van der Waals surface area contributed by atoms with Crippen LogP contribution in [0.3, 0.4) is 0 Å². The maximum absolute atomic E-state index is 12.8. The number of sulfonamides is 1. The third-order valence-corrected chi connectivity index (χ3v) is 5.34. The van der Waals surface area contributed by atoms with E-state index in [1.165, 1.54) is 6.26 Å². The molecule has 2 unspecified atom stereocenters. The Hall–Kier alpha value is -0.660. The molecule has 2 aliphatic heterocycles. The minimum absolute atomic E-state index is 0.165. The number of nitrogens with zero attached hydrogens (tertiary/aromatic N) is 1. The third-order valence-electron chi connectivity index (χ3n) is 4.61. The van der Waals surface area contributed by atoms with Crippen molar-refractivity contribution in [1.29, 1.82) is 0 Å². The third kappa shape index (κ3) is 4.40. The number of carbonyl (C=O) groups excluding carboxylic acids is 1. The molecule has 0 spiro atoms. The highest BCUT2D eigenvalue weighted by Crippen LogP contribution is 2.31. The van der Waals surface area contributed by atoms with Crippen LogP contribution in [-0.4, -0.2) is 57.7 Å². The van der Waals surface area contributed by atoms with Crippen molar-refractivity contribution in [3.63, 3.8) is 0 Å². The molecule has 122 valence electrons. The second-order valence-electron chi connectivity index (χ2n) is 6.59. The van der Waals surface area contributed by atoms with E-state index in [9.17, 15) is 13.2 Å². The number of rotatable bonds is 5. The first kappa shape index (κ1) is 16.7. The van der Waals surface area contributed by atoms with E-state index < -0.39 is 10.0 Å². The lowest BCUT2D eigenvalue weighted by Gasteiger charge is -2.40. The molecule has 2 saturated heterocycles. The van der Waals surface area contributed by atoms with Gasteiger partial charge in [-0.3, -0.25) is 4.79 Å². The summed E-state index contributed by atoms with van der Waals surface area (Å²) in [6.07, 6.45) is 5.88. The largest absolute Gasteiger partial charge is 0.339 e. The molecule has 2 aliphatic rings. The zero-order chi connectivity index (χ0) is 15.5. The summed E-state index contributed by atoms with van der Waals surface area (Å²) in [5.74, 6) is 0.233. The number of likely N-dealkylation sites (tertiary alicyclic amines) is 1. The summed E-state index contributed by atoms with van der Waals surface area (Å²) < 4.78 is 24.8. The fourth-order valence-electron chi connectivity index (χ4n) is 3.33. The van der Waals surface area contributed by atoms with Crippen LogP contribution in [0.2, 0.25) is 0 Å². The van der Waals surface area contributed by atoms with E-state index in [0.717, 1.165) is 45.3 Å². The van der Waals surface area contributed by atoms with Crippen molar-refractivity contribution in [2.24, 2.45) is 5.41 Å². The summed E-state index contributed by atoms with van der Waals surface area (Å²) in [7, 11) is -3.15. The molecule has 2 atom stereocenters. The molecule has 0 aromatic rings. The van der Waals surface area contributed by atoms with Crippen molar-refractivity contribution in [3.05, 3.63) is 0 Å². The molecule has 0 aromatic carbocycles. The summed E-state index contributed by atoms with van der Waals surface area (Å²) in [4.78, 5) is 14.8. The van der Waals surface area contributed by atoms with Crippen LogP contribution in [0.5, 0.6) is 0 Å². The Morgan fingerprint density at radius 2 is 2.19 bits per heavy atom. The Morgan fingerprint density at radius 1 is 1.43 bits per heavy atom. The molecule has 2 N–H and O–H groups in total. The average Bonchev–Trinajstić information content (AvgIpc) is 2.85. The van der Waals surface area contributed by atoms with Crippen LogP contribution in [-0.2, 0) is 14.8 Å². The van der Waals surface area contributed by atoms with Gasteiger partial charge in [-0.15, -0.1) is 0 Å². The normalized spacial score (nSPS) is 30.6. The van der Waals surface area contributed by atoms with Crippen molar-refractivity contribution >= 4 is 15.9 Å². The predicted octanol–water partition coefficient (Wildman–Crippen LogP) is 0.306. The number of nitrogens with one attached hydrogen (secondary N) is 2. The molecule has 0 saturated carbocycles. The molecule has 2 rings (SSSR count). The Bertz CT molecular complexity index is 472. The summed E-state index contributed by atoms with van der Waals surface area (Å²) in [6.45, 7) is 4.89. The first-order chi connectivity index (χ1) is 9.82. The zero-order valence-electron chi connectivity index (χ0n) is 13.0. The van der Waals surface area contributed by atoms with Crippen molar-refractivity contribution in [1.82, 2.24) is 14.9 Å². The standard InChI is InChI=1S/C14H27N3O3S/c1-14(7-9-15-11-14)13(18)17-10-4-3-5-12(17)6-8-16-21(2,19)20/h12,15-16H,3-11H2,1-2H3. The van der Waals surface area contributed by atoms with Crippen LogP contribution in [0.15, 0.2) is 0 Å². The molecule has 0 radical (unpaired) electrons. The van der Waals surface area contributed by atoms with E-state index in [-0.39, 0.29) is 17.4 Å². The van der Waals surface area contributed by atoms with E-state index in [2.05, 4.69) is 10.0 Å². The van der Waals surface area contributed by atoms with Gasteiger partial charge in [0, 0.05) is 25.7 Å². The van der Waals surface area contributed by atoms with Gasteiger partial charge in [0.05, 0.1) is 11.7 Å². The van der Waals surface area contributed by atoms with Crippen LogP contribution in [0.25, 0.3) is 0 Å². The van der Waals surface area contributed by atoms with Gasteiger partial charge in [-0.2, -0.15) is 0 Å². The van der Waals surface area contributed by atoms with Gasteiger partial charge >= 0.3 is 0 Å². The molecule has 2 heterocycles. The lowest BCUT2D eigenvalue weighted by atomic mass is 9.86. The summed E-state index contributed by atoms with van der Waals surface area (Å²) in [6, 6.07) is 0.165. The first-order valence-electron chi connectivity index (χ1n) is 7.78. The Balaban J connectivity index is 1.96. The fourth-order valence-corrected chi connectivity index (χ4v) is 3.81.